The van der Waals surface area contributed by atoms with E-state index in [1.807, 2.05) is 63.2 Å². The van der Waals surface area contributed by atoms with E-state index >= 15 is 0 Å². The third kappa shape index (κ3) is 9.11. The number of hydrogen-bond acceptors (Lipinski definition) is 7. The first-order chi connectivity index (χ1) is 18.0. The molecule has 0 radical (unpaired) electrons. The van der Waals surface area contributed by atoms with Crippen LogP contribution in [0.25, 0.3) is 0 Å². The summed E-state index contributed by atoms with van der Waals surface area (Å²) in [5.41, 5.74) is 1.76. The lowest BCUT2D eigenvalue weighted by molar-refractivity contribution is -0.253. The van der Waals surface area contributed by atoms with Gasteiger partial charge < -0.3 is 24.3 Å². The topological polar surface area (TPSA) is 95.1 Å². The second-order valence-electron chi connectivity index (χ2n) is 11.0. The van der Waals surface area contributed by atoms with E-state index < -0.39 is 11.7 Å². The molecule has 2 N–H and O–H groups in total. The minimum absolute atomic E-state index is 0.197. The van der Waals surface area contributed by atoms with Crippen LogP contribution in [0.5, 0.6) is 0 Å². The summed E-state index contributed by atoms with van der Waals surface area (Å²) in [5, 5.41) is 6.11. The third-order valence-electron chi connectivity index (χ3n) is 6.86. The number of rotatable bonds is 10. The van der Waals surface area contributed by atoms with Crippen molar-refractivity contribution in [3.63, 3.8) is 0 Å². The molecule has 2 aromatic rings. The highest BCUT2D eigenvalue weighted by molar-refractivity contribution is 5.89. The van der Waals surface area contributed by atoms with Gasteiger partial charge in [0.1, 0.15) is 12.2 Å². The van der Waals surface area contributed by atoms with E-state index in [1.165, 1.54) is 0 Å². The second-order valence-corrected chi connectivity index (χ2v) is 11.0. The predicted molar refractivity (Wildman–Crippen MR) is 147 cm³/mol. The Morgan fingerprint density at radius 2 is 1.61 bits per heavy atom. The molecule has 0 spiro atoms. The second kappa shape index (κ2) is 13.7. The molecule has 1 aliphatic heterocycles. The molecule has 1 amide bonds. The van der Waals surface area contributed by atoms with E-state index in [-0.39, 0.29) is 36.8 Å². The van der Waals surface area contributed by atoms with Crippen molar-refractivity contribution in [1.82, 2.24) is 5.32 Å². The largest absolute Gasteiger partial charge is 0.459 e. The van der Waals surface area contributed by atoms with Gasteiger partial charge >= 0.3 is 12.1 Å². The van der Waals surface area contributed by atoms with Gasteiger partial charge in [-0.25, -0.2) is 9.59 Å². The molecule has 38 heavy (non-hydrogen) atoms. The van der Waals surface area contributed by atoms with Crippen molar-refractivity contribution in [1.29, 1.82) is 0 Å². The fourth-order valence-electron chi connectivity index (χ4n) is 4.29. The van der Waals surface area contributed by atoms with Gasteiger partial charge in [-0.15, -0.1) is 0 Å². The molecule has 1 fully saturated rings. The lowest BCUT2D eigenvalue weighted by atomic mass is 9.79. The molecule has 5 unspecified atom stereocenters. The van der Waals surface area contributed by atoms with E-state index in [2.05, 4.69) is 31.4 Å². The molecule has 0 bridgehead atoms. The Balaban J connectivity index is 1.39. The summed E-state index contributed by atoms with van der Waals surface area (Å²) in [6.45, 7) is 14.0. The van der Waals surface area contributed by atoms with Gasteiger partial charge in [-0.05, 0) is 62.4 Å². The predicted octanol–water partition coefficient (Wildman–Crippen LogP) is 5.63. The molecule has 0 saturated carbocycles. The fraction of sp³-hybridized carbons (Fsp3) is 0.533. The van der Waals surface area contributed by atoms with Crippen LogP contribution in [0.1, 0.15) is 57.5 Å². The zero-order valence-corrected chi connectivity index (χ0v) is 23.4. The zero-order valence-electron chi connectivity index (χ0n) is 23.4. The maximum Gasteiger partial charge on any atom is 0.412 e. The average molecular weight is 527 g/mol. The van der Waals surface area contributed by atoms with Crippen LogP contribution in [-0.2, 0) is 25.5 Å². The standard InChI is InChI=1S/C30H42N2O6/c1-20-21(2)26(19-36-27(33)24-10-8-7-9-11-24)37-28(22(20)3)35-17-16-31-18-23-12-14-25(15-13-23)32-29(34)38-30(4,5)6/h7-15,20-22,26,28,31H,16-19H2,1-6H3,(H,32,34). The van der Waals surface area contributed by atoms with Crippen molar-refractivity contribution in [2.45, 2.75) is 66.1 Å². The van der Waals surface area contributed by atoms with Crippen molar-refractivity contribution < 1.29 is 28.5 Å². The minimum Gasteiger partial charge on any atom is -0.459 e. The first-order valence-electron chi connectivity index (χ1n) is 13.3. The Hall–Kier alpha value is -2.94. The van der Waals surface area contributed by atoms with Crippen molar-refractivity contribution in [2.24, 2.45) is 17.8 Å². The number of amides is 1. The Morgan fingerprint density at radius 3 is 2.26 bits per heavy atom. The molecule has 3 rings (SSSR count). The summed E-state index contributed by atoms with van der Waals surface area (Å²) >= 11 is 0. The van der Waals surface area contributed by atoms with Gasteiger partial charge in [0, 0.05) is 24.7 Å². The summed E-state index contributed by atoms with van der Waals surface area (Å²) < 4.78 is 23.1. The van der Waals surface area contributed by atoms with E-state index in [0.29, 0.717) is 36.9 Å². The van der Waals surface area contributed by atoms with E-state index in [1.54, 1.807) is 12.1 Å². The lowest BCUT2D eigenvalue weighted by Crippen LogP contribution is -2.48. The molecule has 8 heteroatoms. The van der Waals surface area contributed by atoms with Crippen LogP contribution in [0.3, 0.4) is 0 Å². The van der Waals surface area contributed by atoms with Crippen LogP contribution in [0.15, 0.2) is 54.6 Å². The Labute approximate surface area is 226 Å². The summed E-state index contributed by atoms with van der Waals surface area (Å²) in [6.07, 6.45) is -1.05. The highest BCUT2D eigenvalue weighted by Gasteiger charge is 2.40. The maximum absolute atomic E-state index is 12.4. The summed E-state index contributed by atoms with van der Waals surface area (Å²) in [7, 11) is 0. The normalized spacial score (nSPS) is 23.5. The fourth-order valence-corrected chi connectivity index (χ4v) is 4.29. The van der Waals surface area contributed by atoms with Gasteiger partial charge in [-0.1, -0.05) is 51.1 Å². The molecule has 208 valence electrons. The van der Waals surface area contributed by atoms with Crippen LogP contribution in [0.2, 0.25) is 0 Å². The lowest BCUT2D eigenvalue weighted by Gasteiger charge is -2.43. The van der Waals surface area contributed by atoms with Crippen LogP contribution >= 0.6 is 0 Å². The van der Waals surface area contributed by atoms with Gasteiger partial charge in [0.05, 0.1) is 18.3 Å². The van der Waals surface area contributed by atoms with Crippen molar-refractivity contribution in [3.8, 4) is 0 Å². The number of carbonyl (C=O) groups is 2. The van der Waals surface area contributed by atoms with Crippen molar-refractivity contribution >= 4 is 17.7 Å². The molecule has 0 aliphatic carbocycles. The van der Waals surface area contributed by atoms with Gasteiger partial charge in [0.25, 0.3) is 0 Å². The molecule has 5 atom stereocenters. The molecule has 8 nitrogen and oxygen atoms in total. The van der Waals surface area contributed by atoms with Gasteiger partial charge in [0.15, 0.2) is 6.29 Å². The van der Waals surface area contributed by atoms with Crippen LogP contribution in [0.4, 0.5) is 10.5 Å². The number of hydrogen-bond donors (Lipinski definition) is 2. The van der Waals surface area contributed by atoms with E-state index in [9.17, 15) is 9.59 Å². The number of anilines is 1. The minimum atomic E-state index is -0.539. The van der Waals surface area contributed by atoms with Gasteiger partial charge in [0.2, 0.25) is 0 Å². The third-order valence-corrected chi connectivity index (χ3v) is 6.86. The zero-order chi connectivity index (χ0) is 27.7. The SMILES string of the molecule is CC1C(COC(=O)c2ccccc2)OC(OCCNCc2ccc(NC(=O)OC(C)(C)C)cc2)C(C)C1C. The van der Waals surface area contributed by atoms with Crippen LogP contribution in [-0.4, -0.2) is 49.8 Å². The number of esters is 1. The van der Waals surface area contributed by atoms with Crippen LogP contribution < -0.4 is 10.6 Å². The van der Waals surface area contributed by atoms with Crippen molar-refractivity contribution in [3.05, 3.63) is 65.7 Å². The molecular weight excluding hydrogens is 484 g/mol. The number of benzene rings is 2. The Bertz CT molecular complexity index is 1020. The van der Waals surface area contributed by atoms with Gasteiger partial charge in [-0.3, -0.25) is 5.32 Å². The summed E-state index contributed by atoms with van der Waals surface area (Å²) in [6, 6.07) is 16.6. The first kappa shape index (κ1) is 29.6. The van der Waals surface area contributed by atoms with E-state index in [0.717, 1.165) is 5.56 Å². The quantitative estimate of drug-likeness (QED) is 0.306. The van der Waals surface area contributed by atoms with Crippen LogP contribution in [0, 0.1) is 17.8 Å². The Morgan fingerprint density at radius 1 is 0.921 bits per heavy atom. The molecule has 1 saturated heterocycles. The van der Waals surface area contributed by atoms with Gasteiger partial charge in [-0.2, -0.15) is 0 Å². The summed E-state index contributed by atoms with van der Waals surface area (Å²) in [5.74, 6) is 0.466. The maximum atomic E-state index is 12.4. The number of carbonyl (C=O) groups excluding carboxylic acids is 2. The molecular formula is C30H42N2O6. The molecule has 1 heterocycles. The smallest absolute Gasteiger partial charge is 0.412 e. The number of ether oxygens (including phenoxy) is 4. The number of nitrogens with one attached hydrogen (secondary N) is 2. The van der Waals surface area contributed by atoms with Crippen molar-refractivity contribution in [2.75, 3.05) is 25.1 Å². The summed E-state index contributed by atoms with van der Waals surface area (Å²) in [4.78, 5) is 24.3. The highest BCUT2D eigenvalue weighted by Crippen LogP contribution is 2.35. The Kier molecular flexibility index (Phi) is 10.7. The monoisotopic (exact) mass is 526 g/mol. The molecule has 2 aromatic carbocycles. The van der Waals surface area contributed by atoms with E-state index in [4.69, 9.17) is 18.9 Å². The highest BCUT2D eigenvalue weighted by atomic mass is 16.7. The average Bonchev–Trinajstić information content (AvgIpc) is 2.88. The molecule has 1 aliphatic rings. The molecule has 0 aromatic heterocycles. The first-order valence-corrected chi connectivity index (χ1v) is 13.3.